The molecule has 0 aliphatic carbocycles. The molecule has 4 atom stereocenters. The first kappa shape index (κ1) is 20.4. The molecule has 0 bridgehead atoms. The van der Waals surface area contributed by atoms with Crippen LogP contribution in [0.25, 0.3) is 0 Å². The maximum atomic E-state index is 13.8. The first-order valence-electron chi connectivity index (χ1n) is 10.9. The summed E-state index contributed by atoms with van der Waals surface area (Å²) in [6, 6.07) is 9.65. The first-order valence-corrected chi connectivity index (χ1v) is 10.9. The van der Waals surface area contributed by atoms with Crippen LogP contribution in [0.15, 0.2) is 42.5 Å². The van der Waals surface area contributed by atoms with E-state index in [2.05, 4.69) is 5.32 Å². The predicted octanol–water partition coefficient (Wildman–Crippen LogP) is 3.45. The zero-order valence-corrected chi connectivity index (χ0v) is 17.6. The number of imide groups is 1. The van der Waals surface area contributed by atoms with E-state index in [-0.39, 0.29) is 6.04 Å². The van der Waals surface area contributed by atoms with Gasteiger partial charge in [0, 0.05) is 17.3 Å². The van der Waals surface area contributed by atoms with Gasteiger partial charge in [-0.1, -0.05) is 30.3 Å². The number of rotatable bonds is 1. The number of fused-ring (bicyclic) bond motifs is 7. The Kier molecular flexibility index (Phi) is 3.98. The molecular weight excluding hydrogens is 435 g/mol. The van der Waals surface area contributed by atoms with Crippen LogP contribution < -0.4 is 10.2 Å². The van der Waals surface area contributed by atoms with Crippen molar-refractivity contribution in [3.63, 3.8) is 0 Å². The Morgan fingerprint density at radius 2 is 1.79 bits per heavy atom. The summed E-state index contributed by atoms with van der Waals surface area (Å²) in [5.41, 5.74) is -0.856. The number of amides is 3. The second-order valence-corrected chi connectivity index (χ2v) is 9.15. The summed E-state index contributed by atoms with van der Waals surface area (Å²) >= 11 is 0. The molecule has 3 saturated heterocycles. The van der Waals surface area contributed by atoms with Crippen molar-refractivity contribution in [2.45, 2.75) is 37.5 Å². The van der Waals surface area contributed by atoms with Crippen LogP contribution in [0.1, 0.15) is 29.5 Å². The van der Waals surface area contributed by atoms with Gasteiger partial charge in [-0.05, 0) is 44.0 Å². The fraction of sp³-hybridized carbons (Fsp3) is 0.375. The van der Waals surface area contributed by atoms with Gasteiger partial charge in [-0.15, -0.1) is 0 Å². The van der Waals surface area contributed by atoms with Gasteiger partial charge in [0.05, 0.1) is 23.1 Å². The van der Waals surface area contributed by atoms with Crippen LogP contribution in [0, 0.1) is 18.8 Å². The number of carbonyl (C=O) groups is 3. The van der Waals surface area contributed by atoms with Crippen LogP contribution in [0.2, 0.25) is 0 Å². The van der Waals surface area contributed by atoms with E-state index in [4.69, 9.17) is 0 Å². The van der Waals surface area contributed by atoms with Gasteiger partial charge < -0.3 is 5.32 Å². The Bertz CT molecular complexity index is 1240. The number of nitrogens with zero attached hydrogens (tertiary/aromatic N) is 2. The molecule has 0 saturated carbocycles. The molecule has 4 aliphatic heterocycles. The van der Waals surface area contributed by atoms with Gasteiger partial charge >= 0.3 is 6.18 Å². The van der Waals surface area contributed by atoms with Crippen molar-refractivity contribution in [2.75, 3.05) is 16.8 Å². The van der Waals surface area contributed by atoms with Gasteiger partial charge in [0.2, 0.25) is 17.7 Å². The minimum Gasteiger partial charge on any atom is -0.324 e. The summed E-state index contributed by atoms with van der Waals surface area (Å²) in [6.07, 6.45) is -3.39. The topological polar surface area (TPSA) is 69.7 Å². The van der Waals surface area contributed by atoms with Crippen molar-refractivity contribution in [1.29, 1.82) is 0 Å². The zero-order valence-electron chi connectivity index (χ0n) is 17.6. The van der Waals surface area contributed by atoms with Gasteiger partial charge in [-0.25, -0.2) is 4.90 Å². The summed E-state index contributed by atoms with van der Waals surface area (Å²) in [5.74, 6) is -3.76. The zero-order chi connectivity index (χ0) is 23.3. The number of nitrogens with one attached hydrogen (secondary N) is 1. The summed E-state index contributed by atoms with van der Waals surface area (Å²) in [5, 5.41) is 2.91. The normalized spacial score (nSPS) is 30.7. The summed E-state index contributed by atoms with van der Waals surface area (Å²) in [4.78, 5) is 43.7. The number of para-hydroxylation sites is 2. The lowest BCUT2D eigenvalue weighted by molar-refractivity contribution is -0.138. The highest BCUT2D eigenvalue weighted by Crippen LogP contribution is 2.61. The Morgan fingerprint density at radius 1 is 1.03 bits per heavy atom. The molecule has 170 valence electrons. The summed E-state index contributed by atoms with van der Waals surface area (Å²) < 4.78 is 41.2. The molecule has 0 unspecified atom stereocenters. The number of hydrogen-bond acceptors (Lipinski definition) is 4. The quantitative estimate of drug-likeness (QED) is 0.669. The average molecular weight is 455 g/mol. The number of hydrogen-bond donors (Lipinski definition) is 1. The SMILES string of the molecule is Cc1cccc2c1NC(=O)[C@]21[C@H]2C(=O)N(c3ccccc3C(F)(F)F)C(=O)[C@@H]2[C@H]2CCCN21. The summed E-state index contributed by atoms with van der Waals surface area (Å²) in [6.45, 7) is 2.39. The van der Waals surface area contributed by atoms with Crippen molar-refractivity contribution in [2.24, 2.45) is 11.8 Å². The van der Waals surface area contributed by atoms with Crippen LogP contribution in [0.3, 0.4) is 0 Å². The molecule has 33 heavy (non-hydrogen) atoms. The average Bonchev–Trinajstić information content (AvgIpc) is 3.47. The molecule has 1 spiro atoms. The minimum absolute atomic E-state index is 0.383. The number of benzene rings is 2. The van der Waals surface area contributed by atoms with Gasteiger partial charge in [-0.2, -0.15) is 13.2 Å². The van der Waals surface area contributed by atoms with Crippen LogP contribution in [-0.2, 0) is 26.1 Å². The van der Waals surface area contributed by atoms with Gasteiger partial charge in [0.1, 0.15) is 5.54 Å². The molecule has 0 aromatic heterocycles. The molecule has 2 aromatic rings. The van der Waals surface area contributed by atoms with E-state index in [1.54, 1.807) is 12.1 Å². The molecule has 4 heterocycles. The molecular formula is C24H20F3N3O3. The smallest absolute Gasteiger partial charge is 0.324 e. The van der Waals surface area contributed by atoms with Crippen LogP contribution >= 0.6 is 0 Å². The molecule has 6 nitrogen and oxygen atoms in total. The molecule has 3 fully saturated rings. The van der Waals surface area contributed by atoms with E-state index in [1.807, 2.05) is 17.9 Å². The lowest BCUT2D eigenvalue weighted by Gasteiger charge is -2.36. The van der Waals surface area contributed by atoms with E-state index in [0.717, 1.165) is 24.1 Å². The van der Waals surface area contributed by atoms with Crippen LogP contribution in [-0.4, -0.2) is 35.2 Å². The molecule has 2 aromatic carbocycles. The Labute approximate surface area is 187 Å². The van der Waals surface area contributed by atoms with Gasteiger partial charge in [0.15, 0.2) is 0 Å². The molecule has 0 radical (unpaired) electrons. The standard InChI is InChI=1S/C24H20F3N3O3/c1-12-6-4-8-14-19(12)28-22(33)23(14)18-17(16-10-5-11-29(16)23)20(31)30(21(18)32)15-9-3-2-7-13(15)24(25,26)27/h2-4,6-9,16-18H,5,10-11H2,1H3,(H,28,33)/t16-,17-,18-,23-/m1/s1. The second-order valence-electron chi connectivity index (χ2n) is 9.15. The van der Waals surface area contributed by atoms with Crippen molar-refractivity contribution >= 4 is 29.1 Å². The molecule has 3 amide bonds. The Morgan fingerprint density at radius 3 is 2.55 bits per heavy atom. The maximum absolute atomic E-state index is 13.8. The predicted molar refractivity (Wildman–Crippen MR) is 112 cm³/mol. The Balaban J connectivity index is 1.57. The number of alkyl halides is 3. The highest BCUT2D eigenvalue weighted by Gasteiger charge is 2.74. The minimum atomic E-state index is -4.74. The largest absolute Gasteiger partial charge is 0.418 e. The van der Waals surface area contributed by atoms with E-state index in [1.165, 1.54) is 12.1 Å². The Hall–Kier alpha value is -3.20. The maximum Gasteiger partial charge on any atom is 0.418 e. The van der Waals surface area contributed by atoms with Gasteiger partial charge in [0.25, 0.3) is 0 Å². The van der Waals surface area contributed by atoms with Crippen molar-refractivity contribution in [3.8, 4) is 0 Å². The van der Waals surface area contributed by atoms with E-state index in [0.29, 0.717) is 29.1 Å². The van der Waals surface area contributed by atoms with Gasteiger partial charge in [-0.3, -0.25) is 19.3 Å². The van der Waals surface area contributed by atoms with E-state index >= 15 is 0 Å². The van der Waals surface area contributed by atoms with Crippen LogP contribution in [0.4, 0.5) is 24.5 Å². The third-order valence-corrected chi connectivity index (χ3v) is 7.69. The van der Waals surface area contributed by atoms with Crippen LogP contribution in [0.5, 0.6) is 0 Å². The van der Waals surface area contributed by atoms with Crippen molar-refractivity contribution in [3.05, 3.63) is 59.2 Å². The summed E-state index contributed by atoms with van der Waals surface area (Å²) in [7, 11) is 0. The fourth-order valence-corrected chi connectivity index (χ4v) is 6.52. The lowest BCUT2D eigenvalue weighted by atomic mass is 9.75. The monoisotopic (exact) mass is 455 g/mol. The molecule has 6 rings (SSSR count). The number of aryl methyl sites for hydroxylation is 1. The van der Waals surface area contributed by atoms with Crippen molar-refractivity contribution in [1.82, 2.24) is 4.90 Å². The van der Waals surface area contributed by atoms with E-state index < -0.39 is 52.5 Å². The second kappa shape index (κ2) is 6.44. The first-order chi connectivity index (χ1) is 15.7. The lowest BCUT2D eigenvalue weighted by Crippen LogP contribution is -2.54. The molecule has 9 heteroatoms. The molecule has 4 aliphatic rings. The number of halogens is 3. The fourth-order valence-electron chi connectivity index (χ4n) is 6.52. The number of carbonyl (C=O) groups excluding carboxylic acids is 3. The third kappa shape index (κ3) is 2.35. The highest BCUT2D eigenvalue weighted by molar-refractivity contribution is 6.26. The number of anilines is 2. The highest BCUT2D eigenvalue weighted by atomic mass is 19.4. The molecule has 1 N–H and O–H groups in total. The van der Waals surface area contributed by atoms with Crippen molar-refractivity contribution < 1.29 is 27.6 Å². The van der Waals surface area contributed by atoms with E-state index in [9.17, 15) is 27.6 Å². The third-order valence-electron chi connectivity index (χ3n) is 7.69.